The number of ether oxygens (including phenoxy) is 1. The molecule has 2 amide bonds. The number of rotatable bonds is 6. The SMILES string of the molecule is Cc1cccn2cc(COc3ccccc3C(=O)NCC(=O)NC(C)(C)C)nc12. The fourth-order valence-corrected chi connectivity index (χ4v) is 2.92. The lowest BCUT2D eigenvalue weighted by Gasteiger charge is -2.20. The van der Waals surface area contributed by atoms with Gasteiger partial charge in [-0.2, -0.15) is 0 Å². The minimum atomic E-state index is -0.365. The lowest BCUT2D eigenvalue weighted by Crippen LogP contribution is -2.45. The highest BCUT2D eigenvalue weighted by molar-refractivity contribution is 5.98. The Bertz CT molecular complexity index is 1030. The highest BCUT2D eigenvalue weighted by atomic mass is 16.5. The van der Waals surface area contributed by atoms with Crippen LogP contribution in [0.15, 0.2) is 48.8 Å². The zero-order chi connectivity index (χ0) is 21.0. The molecule has 0 spiro atoms. The molecule has 0 unspecified atom stereocenters. The second-order valence-corrected chi connectivity index (χ2v) is 7.92. The summed E-state index contributed by atoms with van der Waals surface area (Å²) in [6.45, 7) is 7.79. The van der Waals surface area contributed by atoms with Crippen LogP contribution in [0, 0.1) is 6.92 Å². The number of pyridine rings is 1. The summed E-state index contributed by atoms with van der Waals surface area (Å²) in [5, 5.41) is 5.45. The van der Waals surface area contributed by atoms with Gasteiger partial charge in [0, 0.05) is 17.9 Å². The van der Waals surface area contributed by atoms with E-state index in [1.807, 2.05) is 56.6 Å². The minimum absolute atomic E-state index is 0.101. The van der Waals surface area contributed by atoms with Crippen LogP contribution in [-0.2, 0) is 11.4 Å². The fourth-order valence-electron chi connectivity index (χ4n) is 2.92. The van der Waals surface area contributed by atoms with Crippen molar-refractivity contribution < 1.29 is 14.3 Å². The summed E-state index contributed by atoms with van der Waals surface area (Å²) in [6, 6.07) is 10.9. The molecule has 7 nitrogen and oxygen atoms in total. The van der Waals surface area contributed by atoms with Crippen LogP contribution in [0.25, 0.3) is 5.65 Å². The highest BCUT2D eigenvalue weighted by Gasteiger charge is 2.17. The van der Waals surface area contributed by atoms with Crippen molar-refractivity contribution in [2.45, 2.75) is 39.8 Å². The van der Waals surface area contributed by atoms with Gasteiger partial charge in [-0.25, -0.2) is 4.98 Å². The molecule has 0 bridgehead atoms. The van der Waals surface area contributed by atoms with Crippen molar-refractivity contribution in [1.82, 2.24) is 20.0 Å². The third-order valence-electron chi connectivity index (χ3n) is 4.16. The van der Waals surface area contributed by atoms with Gasteiger partial charge in [-0.1, -0.05) is 18.2 Å². The van der Waals surface area contributed by atoms with E-state index in [4.69, 9.17) is 4.74 Å². The topological polar surface area (TPSA) is 84.7 Å². The van der Waals surface area contributed by atoms with Crippen LogP contribution in [0.2, 0.25) is 0 Å². The summed E-state index contributed by atoms with van der Waals surface area (Å²) in [6.07, 6.45) is 3.84. The molecular formula is C22H26N4O3. The molecule has 7 heteroatoms. The van der Waals surface area contributed by atoms with Crippen LogP contribution in [0.5, 0.6) is 5.75 Å². The minimum Gasteiger partial charge on any atom is -0.486 e. The molecule has 3 rings (SSSR count). The number of benzene rings is 1. The molecule has 0 atom stereocenters. The Kier molecular flexibility index (Phi) is 5.87. The maximum atomic E-state index is 12.5. The molecule has 152 valence electrons. The van der Waals surface area contributed by atoms with E-state index in [0.717, 1.165) is 16.9 Å². The lowest BCUT2D eigenvalue weighted by molar-refractivity contribution is -0.121. The number of hydrogen-bond acceptors (Lipinski definition) is 4. The molecule has 0 saturated heterocycles. The van der Waals surface area contributed by atoms with Crippen LogP contribution in [0.1, 0.15) is 42.4 Å². The smallest absolute Gasteiger partial charge is 0.255 e. The van der Waals surface area contributed by atoms with Gasteiger partial charge in [0.1, 0.15) is 18.0 Å². The van der Waals surface area contributed by atoms with Crippen LogP contribution in [0.3, 0.4) is 0 Å². The first-order valence-electron chi connectivity index (χ1n) is 9.47. The quantitative estimate of drug-likeness (QED) is 0.673. The Balaban J connectivity index is 1.65. The summed E-state index contributed by atoms with van der Waals surface area (Å²) in [4.78, 5) is 29.1. The van der Waals surface area contributed by atoms with E-state index >= 15 is 0 Å². The van der Waals surface area contributed by atoms with E-state index in [2.05, 4.69) is 15.6 Å². The van der Waals surface area contributed by atoms with Crippen molar-refractivity contribution in [2.24, 2.45) is 0 Å². The Morgan fingerprint density at radius 2 is 1.90 bits per heavy atom. The molecule has 0 aliphatic heterocycles. The van der Waals surface area contributed by atoms with Crippen molar-refractivity contribution in [2.75, 3.05) is 6.54 Å². The van der Waals surface area contributed by atoms with Crippen molar-refractivity contribution in [3.8, 4) is 5.75 Å². The molecule has 29 heavy (non-hydrogen) atoms. The van der Waals surface area contributed by atoms with Crippen molar-refractivity contribution in [1.29, 1.82) is 0 Å². The van der Waals surface area contributed by atoms with Gasteiger partial charge in [0.2, 0.25) is 5.91 Å². The molecule has 2 aromatic heterocycles. The molecule has 0 fully saturated rings. The summed E-state index contributed by atoms with van der Waals surface area (Å²) < 4.78 is 7.81. The van der Waals surface area contributed by atoms with Crippen molar-refractivity contribution in [3.63, 3.8) is 0 Å². The van der Waals surface area contributed by atoms with Gasteiger partial charge in [0.15, 0.2) is 0 Å². The summed E-state index contributed by atoms with van der Waals surface area (Å²) in [5.41, 5.74) is 2.74. The third kappa shape index (κ3) is 5.34. The van der Waals surface area contributed by atoms with Gasteiger partial charge in [0.25, 0.3) is 5.91 Å². The van der Waals surface area contributed by atoms with Crippen LogP contribution in [0.4, 0.5) is 0 Å². The van der Waals surface area contributed by atoms with E-state index < -0.39 is 0 Å². The molecule has 0 saturated carbocycles. The number of fused-ring (bicyclic) bond motifs is 1. The Labute approximate surface area is 170 Å². The van der Waals surface area contributed by atoms with Gasteiger partial charge in [-0.3, -0.25) is 9.59 Å². The number of hydrogen-bond donors (Lipinski definition) is 2. The number of aryl methyl sites for hydroxylation is 1. The zero-order valence-corrected chi connectivity index (χ0v) is 17.2. The zero-order valence-electron chi connectivity index (χ0n) is 17.2. The molecule has 2 heterocycles. The Hall–Kier alpha value is -3.35. The standard InChI is InChI=1S/C22H26N4O3/c1-15-8-7-11-26-13-16(24-20(15)26)14-29-18-10-6-5-9-17(18)21(28)23-12-19(27)25-22(2,3)4/h5-11,13H,12,14H2,1-4H3,(H,23,28)(H,25,27). The maximum absolute atomic E-state index is 12.5. The first-order chi connectivity index (χ1) is 13.7. The first kappa shape index (κ1) is 20.4. The number of nitrogens with zero attached hydrogens (tertiary/aromatic N) is 2. The average molecular weight is 394 g/mol. The number of carbonyl (C=O) groups excluding carboxylic acids is 2. The number of para-hydroxylation sites is 1. The largest absolute Gasteiger partial charge is 0.486 e. The van der Waals surface area contributed by atoms with Crippen molar-refractivity contribution in [3.05, 3.63) is 65.6 Å². The average Bonchev–Trinajstić information content (AvgIpc) is 3.08. The number of aromatic nitrogens is 2. The van der Waals surface area contributed by atoms with Crippen LogP contribution in [-0.4, -0.2) is 33.3 Å². The third-order valence-corrected chi connectivity index (χ3v) is 4.16. The first-order valence-corrected chi connectivity index (χ1v) is 9.47. The monoisotopic (exact) mass is 394 g/mol. The second kappa shape index (κ2) is 8.34. The van der Waals surface area contributed by atoms with E-state index in [1.54, 1.807) is 24.3 Å². The summed E-state index contributed by atoms with van der Waals surface area (Å²) in [5.74, 6) is -0.171. The predicted molar refractivity (Wildman–Crippen MR) is 111 cm³/mol. The lowest BCUT2D eigenvalue weighted by atomic mass is 10.1. The van der Waals surface area contributed by atoms with Gasteiger partial charge >= 0.3 is 0 Å². The summed E-state index contributed by atoms with van der Waals surface area (Å²) >= 11 is 0. The number of amides is 2. The molecular weight excluding hydrogens is 368 g/mol. The summed E-state index contributed by atoms with van der Waals surface area (Å²) in [7, 11) is 0. The number of imidazole rings is 1. The van der Waals surface area contributed by atoms with Gasteiger partial charge in [0.05, 0.1) is 17.8 Å². The van der Waals surface area contributed by atoms with E-state index in [0.29, 0.717) is 11.3 Å². The molecule has 0 radical (unpaired) electrons. The Morgan fingerprint density at radius 3 is 2.62 bits per heavy atom. The van der Waals surface area contributed by atoms with Crippen molar-refractivity contribution >= 4 is 17.5 Å². The van der Waals surface area contributed by atoms with Gasteiger partial charge in [-0.05, 0) is 51.5 Å². The maximum Gasteiger partial charge on any atom is 0.255 e. The van der Waals surface area contributed by atoms with E-state index in [9.17, 15) is 9.59 Å². The molecule has 0 aliphatic rings. The van der Waals surface area contributed by atoms with E-state index in [-0.39, 0.29) is 30.5 Å². The molecule has 2 N–H and O–H groups in total. The number of carbonyl (C=O) groups is 2. The fraction of sp³-hybridized carbons (Fsp3) is 0.318. The van der Waals surface area contributed by atoms with Crippen LogP contribution >= 0.6 is 0 Å². The Morgan fingerprint density at radius 1 is 1.14 bits per heavy atom. The predicted octanol–water partition coefficient (Wildman–Crippen LogP) is 2.87. The molecule has 0 aliphatic carbocycles. The molecule has 3 aromatic rings. The van der Waals surface area contributed by atoms with Gasteiger partial charge in [-0.15, -0.1) is 0 Å². The van der Waals surface area contributed by atoms with Crippen LogP contribution < -0.4 is 15.4 Å². The van der Waals surface area contributed by atoms with Gasteiger partial charge < -0.3 is 19.8 Å². The highest BCUT2D eigenvalue weighted by Crippen LogP contribution is 2.20. The molecule has 1 aromatic carbocycles. The number of nitrogens with one attached hydrogen (secondary N) is 2. The van der Waals surface area contributed by atoms with E-state index in [1.165, 1.54) is 0 Å². The normalized spacial score (nSPS) is 11.3. The second-order valence-electron chi connectivity index (χ2n) is 7.92.